The minimum atomic E-state index is -0.0631. The second kappa shape index (κ2) is 7.24. The van der Waals surface area contributed by atoms with Gasteiger partial charge < -0.3 is 15.8 Å². The van der Waals surface area contributed by atoms with Crippen molar-refractivity contribution >= 4 is 17.5 Å². The van der Waals surface area contributed by atoms with Crippen LogP contribution in [0, 0.1) is 0 Å². The van der Waals surface area contributed by atoms with Crippen LogP contribution >= 0.6 is 11.6 Å². The molecule has 0 aliphatic carbocycles. The van der Waals surface area contributed by atoms with Crippen molar-refractivity contribution in [2.75, 3.05) is 13.2 Å². The fraction of sp³-hybridized carbons (Fsp3) is 0.462. The zero-order chi connectivity index (χ0) is 13.5. The predicted octanol–water partition coefficient (Wildman–Crippen LogP) is 2.26. The Kier molecular flexibility index (Phi) is 5.95. The summed E-state index contributed by atoms with van der Waals surface area (Å²) >= 11 is 6.07. The summed E-state index contributed by atoms with van der Waals surface area (Å²) in [6.07, 6.45) is 0.319. The third-order valence-corrected chi connectivity index (χ3v) is 2.74. The van der Waals surface area contributed by atoms with Gasteiger partial charge in [0.1, 0.15) is 5.75 Å². The van der Waals surface area contributed by atoms with Crippen molar-refractivity contribution in [3.63, 3.8) is 0 Å². The lowest BCUT2D eigenvalue weighted by atomic mass is 10.1. The van der Waals surface area contributed by atoms with Crippen LogP contribution in [0.25, 0.3) is 0 Å². The van der Waals surface area contributed by atoms with Gasteiger partial charge in [-0.15, -0.1) is 0 Å². The molecular weight excluding hydrogens is 252 g/mol. The van der Waals surface area contributed by atoms with Crippen molar-refractivity contribution in [1.82, 2.24) is 5.32 Å². The molecule has 0 aromatic heterocycles. The van der Waals surface area contributed by atoms with E-state index >= 15 is 0 Å². The Balaban J connectivity index is 2.50. The van der Waals surface area contributed by atoms with E-state index in [9.17, 15) is 4.79 Å². The number of amides is 1. The number of ether oxygens (including phenoxy) is 1. The molecule has 100 valence electrons. The highest BCUT2D eigenvalue weighted by atomic mass is 35.5. The van der Waals surface area contributed by atoms with E-state index in [0.29, 0.717) is 30.3 Å². The van der Waals surface area contributed by atoms with Crippen molar-refractivity contribution in [3.05, 3.63) is 28.8 Å². The Morgan fingerprint density at radius 3 is 2.83 bits per heavy atom. The van der Waals surface area contributed by atoms with Gasteiger partial charge in [0.05, 0.1) is 18.1 Å². The van der Waals surface area contributed by atoms with Crippen LogP contribution in [0.2, 0.25) is 5.02 Å². The molecule has 0 saturated carbocycles. The first-order chi connectivity index (χ1) is 8.54. The minimum absolute atomic E-state index is 0.0270. The van der Waals surface area contributed by atoms with Gasteiger partial charge in [0.25, 0.3) is 0 Å². The molecule has 0 aliphatic rings. The highest BCUT2D eigenvalue weighted by Gasteiger charge is 2.06. The molecule has 3 N–H and O–H groups in total. The minimum Gasteiger partial charge on any atom is -0.491 e. The quantitative estimate of drug-likeness (QED) is 0.833. The second-order valence-corrected chi connectivity index (χ2v) is 4.44. The van der Waals surface area contributed by atoms with Crippen LogP contribution in [-0.2, 0) is 4.79 Å². The highest BCUT2D eigenvalue weighted by Crippen LogP contribution is 2.27. The molecule has 0 bridgehead atoms. The number of carbonyl (C=O) groups excluding carboxylic acids is 1. The number of rotatable bonds is 6. The van der Waals surface area contributed by atoms with E-state index in [1.807, 2.05) is 19.9 Å². The molecular formula is C13H19ClN2O2. The molecule has 1 rings (SSSR count). The van der Waals surface area contributed by atoms with Crippen molar-refractivity contribution in [2.24, 2.45) is 5.73 Å². The van der Waals surface area contributed by atoms with Gasteiger partial charge in [-0.3, -0.25) is 4.79 Å². The van der Waals surface area contributed by atoms with Crippen molar-refractivity contribution in [1.29, 1.82) is 0 Å². The number of carbonyl (C=O) groups is 1. The molecule has 1 amide bonds. The molecule has 0 saturated heterocycles. The Labute approximate surface area is 112 Å². The van der Waals surface area contributed by atoms with Crippen LogP contribution in [0.5, 0.6) is 5.75 Å². The van der Waals surface area contributed by atoms with Crippen LogP contribution in [0.3, 0.4) is 0 Å². The van der Waals surface area contributed by atoms with E-state index in [-0.39, 0.29) is 11.9 Å². The van der Waals surface area contributed by atoms with E-state index in [2.05, 4.69) is 5.32 Å². The maximum absolute atomic E-state index is 11.2. The lowest BCUT2D eigenvalue weighted by Crippen LogP contribution is -2.24. The van der Waals surface area contributed by atoms with E-state index in [4.69, 9.17) is 22.1 Å². The summed E-state index contributed by atoms with van der Waals surface area (Å²) in [5, 5.41) is 3.22. The molecule has 0 heterocycles. The summed E-state index contributed by atoms with van der Waals surface area (Å²) in [6, 6.07) is 5.37. The fourth-order valence-corrected chi connectivity index (χ4v) is 1.70. The first-order valence-corrected chi connectivity index (χ1v) is 6.37. The van der Waals surface area contributed by atoms with Gasteiger partial charge in [-0.05, 0) is 31.5 Å². The molecule has 0 radical (unpaired) electrons. The van der Waals surface area contributed by atoms with Crippen molar-refractivity contribution in [3.8, 4) is 5.75 Å². The summed E-state index contributed by atoms with van der Waals surface area (Å²) in [6.45, 7) is 4.70. The molecule has 0 aliphatic heterocycles. The summed E-state index contributed by atoms with van der Waals surface area (Å²) in [5.41, 5.74) is 6.71. The predicted molar refractivity (Wildman–Crippen MR) is 72.9 cm³/mol. The Hall–Kier alpha value is -1.26. The standard InChI is InChI=1S/C13H19ClN2O2/c1-3-16-13(17)6-7-18-12-5-4-10(9(2)15)8-11(12)14/h4-5,8-9H,3,6-7,15H2,1-2H3,(H,16,17)/t9-/m0/s1. The lowest BCUT2D eigenvalue weighted by molar-refractivity contribution is -0.121. The molecule has 1 aromatic carbocycles. The average molecular weight is 271 g/mol. The van der Waals surface area contributed by atoms with E-state index in [1.54, 1.807) is 12.1 Å². The van der Waals surface area contributed by atoms with E-state index in [1.165, 1.54) is 0 Å². The van der Waals surface area contributed by atoms with Gasteiger partial charge in [-0.1, -0.05) is 17.7 Å². The third-order valence-electron chi connectivity index (χ3n) is 2.44. The lowest BCUT2D eigenvalue weighted by Gasteiger charge is -2.11. The Bertz CT molecular complexity index is 408. The average Bonchev–Trinajstić information content (AvgIpc) is 2.31. The topological polar surface area (TPSA) is 64.3 Å². The molecule has 4 nitrogen and oxygen atoms in total. The number of halogens is 1. The first-order valence-electron chi connectivity index (χ1n) is 5.99. The van der Waals surface area contributed by atoms with Gasteiger partial charge in [-0.2, -0.15) is 0 Å². The molecule has 0 spiro atoms. The fourth-order valence-electron chi connectivity index (χ4n) is 1.46. The van der Waals surface area contributed by atoms with Gasteiger partial charge in [0.15, 0.2) is 0 Å². The molecule has 0 fully saturated rings. The first kappa shape index (κ1) is 14.8. The van der Waals surface area contributed by atoms with Crippen LogP contribution in [0.15, 0.2) is 18.2 Å². The maximum Gasteiger partial charge on any atom is 0.223 e. The normalized spacial score (nSPS) is 12.0. The molecule has 0 unspecified atom stereocenters. The second-order valence-electron chi connectivity index (χ2n) is 4.03. The highest BCUT2D eigenvalue weighted by molar-refractivity contribution is 6.32. The SMILES string of the molecule is CCNC(=O)CCOc1ccc([C@H](C)N)cc1Cl. The zero-order valence-corrected chi connectivity index (χ0v) is 11.5. The summed E-state index contributed by atoms with van der Waals surface area (Å²) in [5.74, 6) is 0.547. The monoisotopic (exact) mass is 270 g/mol. The van der Waals surface area contributed by atoms with Crippen LogP contribution < -0.4 is 15.8 Å². The van der Waals surface area contributed by atoms with E-state index < -0.39 is 0 Å². The van der Waals surface area contributed by atoms with Gasteiger partial charge in [-0.25, -0.2) is 0 Å². The van der Waals surface area contributed by atoms with Crippen molar-refractivity contribution < 1.29 is 9.53 Å². The zero-order valence-electron chi connectivity index (χ0n) is 10.7. The number of hydrogen-bond acceptors (Lipinski definition) is 3. The largest absolute Gasteiger partial charge is 0.491 e. The number of nitrogens with one attached hydrogen (secondary N) is 1. The van der Waals surface area contributed by atoms with Crippen LogP contribution in [-0.4, -0.2) is 19.1 Å². The van der Waals surface area contributed by atoms with Crippen LogP contribution in [0.1, 0.15) is 31.9 Å². The molecule has 1 aromatic rings. The summed E-state index contributed by atoms with van der Waals surface area (Å²) < 4.78 is 5.45. The van der Waals surface area contributed by atoms with Crippen molar-refractivity contribution in [2.45, 2.75) is 26.3 Å². The van der Waals surface area contributed by atoms with Gasteiger partial charge >= 0.3 is 0 Å². The van der Waals surface area contributed by atoms with Gasteiger partial charge in [0.2, 0.25) is 5.91 Å². The maximum atomic E-state index is 11.2. The molecule has 18 heavy (non-hydrogen) atoms. The summed E-state index contributed by atoms with van der Waals surface area (Å²) in [7, 11) is 0. The molecule has 5 heteroatoms. The number of hydrogen-bond donors (Lipinski definition) is 2. The summed E-state index contributed by atoms with van der Waals surface area (Å²) in [4.78, 5) is 11.2. The number of nitrogens with two attached hydrogens (primary N) is 1. The Morgan fingerprint density at radius 2 is 2.28 bits per heavy atom. The Morgan fingerprint density at radius 1 is 1.56 bits per heavy atom. The number of benzene rings is 1. The van der Waals surface area contributed by atoms with Gasteiger partial charge in [0, 0.05) is 12.6 Å². The van der Waals surface area contributed by atoms with E-state index in [0.717, 1.165) is 5.56 Å². The molecule has 1 atom stereocenters. The third kappa shape index (κ3) is 4.55. The van der Waals surface area contributed by atoms with Crippen LogP contribution in [0.4, 0.5) is 0 Å². The smallest absolute Gasteiger partial charge is 0.223 e.